The maximum atomic E-state index is 12.5. The predicted octanol–water partition coefficient (Wildman–Crippen LogP) is 3.29. The Balaban J connectivity index is 2.24. The number of ketones is 1. The molecule has 8 heteroatoms. The molecular formula is C19H20ClNO5S. The summed E-state index contributed by atoms with van der Waals surface area (Å²) in [7, 11) is -2.49. The zero-order chi connectivity index (χ0) is 20.4. The number of Topliss-reactive ketones (excluding diaryl/α,β-unsaturated/α-hetero) is 1. The molecule has 0 heterocycles. The number of nitrogens with one attached hydrogen (secondary N) is 1. The van der Waals surface area contributed by atoms with Gasteiger partial charge in [0.05, 0.1) is 15.5 Å². The molecule has 0 unspecified atom stereocenters. The number of benzene rings is 2. The van der Waals surface area contributed by atoms with Crippen molar-refractivity contribution in [3.8, 4) is 0 Å². The molecule has 0 aliphatic rings. The molecule has 1 N–H and O–H groups in total. The number of hydrogen-bond acceptors (Lipinski definition) is 5. The molecule has 0 saturated carbocycles. The fourth-order valence-electron chi connectivity index (χ4n) is 2.35. The first-order valence-corrected chi connectivity index (χ1v) is 9.98. The lowest BCUT2D eigenvalue weighted by Gasteiger charge is -2.14. The molecule has 0 amide bonds. The van der Waals surface area contributed by atoms with Crippen molar-refractivity contribution in [2.75, 3.05) is 7.05 Å². The molecule has 2 aromatic rings. The summed E-state index contributed by atoms with van der Waals surface area (Å²) in [6.07, 6.45) is -1.06. The number of carbonyl (C=O) groups excluding carboxylic acids is 2. The average molecular weight is 410 g/mol. The van der Waals surface area contributed by atoms with Gasteiger partial charge in [0.25, 0.3) is 0 Å². The van der Waals surface area contributed by atoms with E-state index in [0.717, 1.165) is 17.2 Å². The molecule has 0 aliphatic heterocycles. The Bertz CT molecular complexity index is 1000. The number of ether oxygens (including phenoxy) is 1. The summed E-state index contributed by atoms with van der Waals surface area (Å²) < 4.78 is 31.2. The van der Waals surface area contributed by atoms with Gasteiger partial charge in [-0.25, -0.2) is 17.9 Å². The van der Waals surface area contributed by atoms with Gasteiger partial charge in [0, 0.05) is 5.56 Å². The van der Waals surface area contributed by atoms with Crippen molar-refractivity contribution in [2.24, 2.45) is 0 Å². The minimum atomic E-state index is -3.75. The largest absolute Gasteiger partial charge is 0.451 e. The van der Waals surface area contributed by atoms with Gasteiger partial charge >= 0.3 is 5.97 Å². The van der Waals surface area contributed by atoms with Crippen LogP contribution in [0.15, 0.2) is 41.3 Å². The number of carbonyl (C=O) groups is 2. The maximum Gasteiger partial charge on any atom is 0.340 e. The Hall–Kier alpha value is -2.22. The highest BCUT2D eigenvalue weighted by Crippen LogP contribution is 2.22. The highest BCUT2D eigenvalue weighted by atomic mass is 35.5. The molecule has 6 nitrogen and oxygen atoms in total. The Morgan fingerprint density at radius 1 is 1.07 bits per heavy atom. The van der Waals surface area contributed by atoms with Gasteiger partial charge in [-0.05, 0) is 63.2 Å². The molecule has 0 spiro atoms. The van der Waals surface area contributed by atoms with Crippen LogP contribution in [-0.2, 0) is 14.8 Å². The lowest BCUT2D eigenvalue weighted by Crippen LogP contribution is -2.25. The van der Waals surface area contributed by atoms with Crippen LogP contribution in [0.25, 0.3) is 0 Å². The number of hydrogen-bond donors (Lipinski definition) is 1. The second-order valence-corrected chi connectivity index (χ2v) is 8.35. The minimum Gasteiger partial charge on any atom is -0.451 e. The fraction of sp³-hybridized carbons (Fsp3) is 0.263. The molecule has 0 bridgehead atoms. The third-order valence-electron chi connectivity index (χ3n) is 4.18. The van der Waals surface area contributed by atoms with E-state index in [2.05, 4.69) is 4.72 Å². The average Bonchev–Trinajstić information content (AvgIpc) is 2.63. The van der Waals surface area contributed by atoms with Gasteiger partial charge < -0.3 is 4.74 Å². The van der Waals surface area contributed by atoms with Crippen LogP contribution in [-0.4, -0.2) is 33.3 Å². The second kappa shape index (κ2) is 8.21. The lowest BCUT2D eigenvalue weighted by molar-refractivity contribution is 0.0318. The van der Waals surface area contributed by atoms with Crippen molar-refractivity contribution in [3.05, 3.63) is 63.7 Å². The van der Waals surface area contributed by atoms with E-state index in [-0.39, 0.29) is 21.3 Å². The van der Waals surface area contributed by atoms with E-state index in [0.29, 0.717) is 5.56 Å². The quantitative estimate of drug-likeness (QED) is 0.584. The van der Waals surface area contributed by atoms with Crippen LogP contribution in [0, 0.1) is 13.8 Å². The smallest absolute Gasteiger partial charge is 0.340 e. The third-order valence-corrected chi connectivity index (χ3v) is 5.92. The maximum absolute atomic E-state index is 12.5. The standard InChI is InChI=1S/C19H20ClNO5S/c1-11-5-6-14(9-12(11)2)18(22)13(3)26-19(23)16-10-15(7-8-17(16)20)27(24,25)21-4/h5-10,13,21H,1-4H3/t13-/m0/s1. The first-order valence-electron chi connectivity index (χ1n) is 8.12. The minimum absolute atomic E-state index is 0.0286. The Kier molecular flexibility index (Phi) is 6.41. The van der Waals surface area contributed by atoms with Crippen molar-refractivity contribution in [2.45, 2.75) is 31.8 Å². The predicted molar refractivity (Wildman–Crippen MR) is 103 cm³/mol. The van der Waals surface area contributed by atoms with E-state index < -0.39 is 22.1 Å². The van der Waals surface area contributed by atoms with Gasteiger partial charge in [-0.1, -0.05) is 23.7 Å². The van der Waals surface area contributed by atoms with Gasteiger partial charge in [0.1, 0.15) is 0 Å². The van der Waals surface area contributed by atoms with Crippen LogP contribution in [0.1, 0.15) is 38.8 Å². The van der Waals surface area contributed by atoms with Crippen molar-refractivity contribution >= 4 is 33.4 Å². The van der Waals surface area contributed by atoms with Crippen LogP contribution in [0.2, 0.25) is 5.02 Å². The number of esters is 1. The SMILES string of the molecule is CNS(=O)(=O)c1ccc(Cl)c(C(=O)O[C@@H](C)C(=O)c2ccc(C)c(C)c2)c1. The molecule has 2 aromatic carbocycles. The van der Waals surface area contributed by atoms with Crippen molar-refractivity contribution < 1.29 is 22.7 Å². The van der Waals surface area contributed by atoms with Gasteiger partial charge in [0.15, 0.2) is 6.10 Å². The first-order chi connectivity index (χ1) is 12.6. The summed E-state index contributed by atoms with van der Waals surface area (Å²) in [5.41, 5.74) is 2.29. The van der Waals surface area contributed by atoms with Crippen LogP contribution in [0.4, 0.5) is 0 Å². The van der Waals surface area contributed by atoms with Crippen molar-refractivity contribution in [1.29, 1.82) is 0 Å². The molecular weight excluding hydrogens is 390 g/mol. The van der Waals surface area contributed by atoms with Gasteiger partial charge in [-0.3, -0.25) is 4.79 Å². The van der Waals surface area contributed by atoms with Gasteiger partial charge in [-0.15, -0.1) is 0 Å². The third kappa shape index (κ3) is 4.74. The molecule has 0 radical (unpaired) electrons. The first kappa shape index (κ1) is 21.1. The molecule has 27 heavy (non-hydrogen) atoms. The Morgan fingerprint density at radius 2 is 1.74 bits per heavy atom. The van der Waals surface area contributed by atoms with E-state index in [1.807, 2.05) is 19.9 Å². The summed E-state index contributed by atoms with van der Waals surface area (Å²) in [5.74, 6) is -1.24. The van der Waals surface area contributed by atoms with E-state index in [4.69, 9.17) is 16.3 Å². The molecule has 144 valence electrons. The molecule has 0 aliphatic carbocycles. The fourth-order valence-corrected chi connectivity index (χ4v) is 3.30. The highest BCUT2D eigenvalue weighted by Gasteiger charge is 2.24. The Labute approximate surface area is 163 Å². The molecule has 2 rings (SSSR count). The zero-order valence-electron chi connectivity index (χ0n) is 15.4. The number of rotatable bonds is 6. The zero-order valence-corrected chi connectivity index (χ0v) is 16.9. The second-order valence-electron chi connectivity index (χ2n) is 6.06. The number of halogens is 1. The van der Waals surface area contributed by atoms with Gasteiger partial charge in [0.2, 0.25) is 15.8 Å². The molecule has 0 aromatic heterocycles. The van der Waals surface area contributed by atoms with E-state index >= 15 is 0 Å². The summed E-state index contributed by atoms with van der Waals surface area (Å²) in [4.78, 5) is 24.8. The lowest BCUT2D eigenvalue weighted by atomic mass is 10.0. The number of aryl methyl sites for hydroxylation is 2. The van der Waals surface area contributed by atoms with Crippen LogP contribution in [0.3, 0.4) is 0 Å². The molecule has 1 atom stereocenters. The Morgan fingerprint density at radius 3 is 2.33 bits per heavy atom. The summed E-state index contributed by atoms with van der Waals surface area (Å²) in [6.45, 7) is 5.27. The number of sulfonamides is 1. The van der Waals surface area contributed by atoms with E-state index in [9.17, 15) is 18.0 Å². The van der Waals surface area contributed by atoms with Crippen LogP contribution in [0.5, 0.6) is 0 Å². The highest BCUT2D eigenvalue weighted by molar-refractivity contribution is 7.89. The van der Waals surface area contributed by atoms with Crippen LogP contribution < -0.4 is 4.72 Å². The topological polar surface area (TPSA) is 89.5 Å². The van der Waals surface area contributed by atoms with Crippen molar-refractivity contribution in [3.63, 3.8) is 0 Å². The molecule has 0 saturated heterocycles. The normalized spacial score (nSPS) is 12.5. The van der Waals surface area contributed by atoms with Gasteiger partial charge in [-0.2, -0.15) is 0 Å². The summed E-state index contributed by atoms with van der Waals surface area (Å²) in [5, 5.41) is 0.0286. The summed E-state index contributed by atoms with van der Waals surface area (Å²) in [6, 6.07) is 8.90. The van der Waals surface area contributed by atoms with E-state index in [1.54, 1.807) is 12.1 Å². The molecule has 0 fully saturated rings. The van der Waals surface area contributed by atoms with Crippen molar-refractivity contribution in [1.82, 2.24) is 4.72 Å². The van der Waals surface area contributed by atoms with E-state index in [1.165, 1.54) is 26.1 Å². The monoisotopic (exact) mass is 409 g/mol. The summed E-state index contributed by atoms with van der Waals surface area (Å²) >= 11 is 6.00. The van der Waals surface area contributed by atoms with Crippen LogP contribution >= 0.6 is 11.6 Å².